The minimum Gasteiger partial charge on any atom is -0.481 e. The minimum atomic E-state index is -0.784. The van der Waals surface area contributed by atoms with Gasteiger partial charge in [0.2, 0.25) is 0 Å². The van der Waals surface area contributed by atoms with Gasteiger partial charge in [0.15, 0.2) is 0 Å². The lowest BCUT2D eigenvalue weighted by atomic mass is 9.78. The molecule has 1 aliphatic carbocycles. The molecule has 3 N–H and O–H groups in total. The predicted octanol–water partition coefficient (Wildman–Crippen LogP) is 2.00. The molecule has 0 aromatic rings. The quantitative estimate of drug-likeness (QED) is 0.687. The molecule has 0 aliphatic heterocycles. The van der Waals surface area contributed by atoms with E-state index in [1.165, 1.54) is 25.7 Å². The highest BCUT2D eigenvalue weighted by atomic mass is 16.4. The van der Waals surface area contributed by atoms with Crippen molar-refractivity contribution >= 4 is 5.97 Å². The second-order valence-electron chi connectivity index (χ2n) is 4.73. The zero-order chi connectivity index (χ0) is 10.6. The van der Waals surface area contributed by atoms with Crippen molar-refractivity contribution in [2.75, 3.05) is 0 Å². The highest BCUT2D eigenvalue weighted by molar-refractivity contribution is 5.67. The Balaban J connectivity index is 2.11. The average molecular weight is 199 g/mol. The topological polar surface area (TPSA) is 63.3 Å². The van der Waals surface area contributed by atoms with Crippen LogP contribution in [0.15, 0.2) is 0 Å². The first-order valence-electron chi connectivity index (χ1n) is 5.55. The van der Waals surface area contributed by atoms with E-state index in [0.29, 0.717) is 5.92 Å². The lowest BCUT2D eigenvalue weighted by Gasteiger charge is -2.28. The lowest BCUT2D eigenvalue weighted by Crippen LogP contribution is -2.27. The molecular weight excluding hydrogens is 178 g/mol. The maximum Gasteiger partial charge on any atom is 0.304 e. The third-order valence-electron chi connectivity index (χ3n) is 3.10. The molecule has 3 heteroatoms. The van der Waals surface area contributed by atoms with E-state index in [2.05, 4.69) is 6.92 Å². The maximum atomic E-state index is 10.4. The number of carboxylic acid groups (broad SMARTS) is 1. The fraction of sp³-hybridized carbons (Fsp3) is 0.909. The standard InChI is InChI=1S/C11H21NO2/c1-8(5-9-3-2-4-9)6-10(12)7-11(13)14/h8-10H,2-7,12H2,1H3,(H,13,14). The second kappa shape index (κ2) is 5.35. The predicted molar refractivity (Wildman–Crippen MR) is 56.0 cm³/mol. The van der Waals surface area contributed by atoms with Crippen LogP contribution in [0, 0.1) is 11.8 Å². The summed E-state index contributed by atoms with van der Waals surface area (Å²) in [5, 5.41) is 8.56. The van der Waals surface area contributed by atoms with Crippen LogP contribution in [0.25, 0.3) is 0 Å². The molecule has 1 aliphatic rings. The van der Waals surface area contributed by atoms with Crippen molar-refractivity contribution in [3.05, 3.63) is 0 Å². The van der Waals surface area contributed by atoms with Crippen molar-refractivity contribution in [2.45, 2.75) is 51.5 Å². The summed E-state index contributed by atoms with van der Waals surface area (Å²) in [5.41, 5.74) is 5.73. The number of rotatable bonds is 6. The summed E-state index contributed by atoms with van der Waals surface area (Å²) in [4.78, 5) is 10.4. The first-order chi connectivity index (χ1) is 6.58. The molecule has 0 aromatic heterocycles. The maximum absolute atomic E-state index is 10.4. The van der Waals surface area contributed by atoms with Crippen LogP contribution in [0.4, 0.5) is 0 Å². The smallest absolute Gasteiger partial charge is 0.304 e. The van der Waals surface area contributed by atoms with Gasteiger partial charge in [-0.05, 0) is 24.7 Å². The molecule has 14 heavy (non-hydrogen) atoms. The van der Waals surface area contributed by atoms with Crippen LogP contribution in [-0.2, 0) is 4.79 Å². The van der Waals surface area contributed by atoms with E-state index < -0.39 is 5.97 Å². The number of nitrogens with two attached hydrogens (primary N) is 1. The number of carboxylic acids is 1. The molecule has 0 bridgehead atoms. The second-order valence-corrected chi connectivity index (χ2v) is 4.73. The van der Waals surface area contributed by atoms with Gasteiger partial charge in [0.05, 0.1) is 6.42 Å². The Morgan fingerprint density at radius 3 is 2.64 bits per heavy atom. The number of carbonyl (C=O) groups is 1. The molecule has 0 amide bonds. The molecule has 1 rings (SSSR count). The summed E-state index contributed by atoms with van der Waals surface area (Å²) in [7, 11) is 0. The normalized spacial score (nSPS) is 21.3. The van der Waals surface area contributed by atoms with Crippen molar-refractivity contribution in [1.29, 1.82) is 0 Å². The molecule has 0 spiro atoms. The van der Waals surface area contributed by atoms with E-state index in [9.17, 15) is 4.79 Å². The van der Waals surface area contributed by atoms with Crippen LogP contribution < -0.4 is 5.73 Å². The van der Waals surface area contributed by atoms with Crippen LogP contribution in [0.2, 0.25) is 0 Å². The minimum absolute atomic E-state index is 0.106. The number of aliphatic carboxylic acids is 1. The van der Waals surface area contributed by atoms with Gasteiger partial charge in [0.25, 0.3) is 0 Å². The van der Waals surface area contributed by atoms with E-state index in [1.807, 2.05) is 0 Å². The summed E-state index contributed by atoms with van der Waals surface area (Å²) in [5.74, 6) is 0.685. The highest BCUT2D eigenvalue weighted by Crippen LogP contribution is 2.33. The van der Waals surface area contributed by atoms with Crippen molar-refractivity contribution in [3.8, 4) is 0 Å². The number of hydrogen-bond acceptors (Lipinski definition) is 2. The van der Waals surface area contributed by atoms with E-state index in [-0.39, 0.29) is 12.5 Å². The van der Waals surface area contributed by atoms with Gasteiger partial charge in [-0.2, -0.15) is 0 Å². The molecule has 0 saturated heterocycles. The van der Waals surface area contributed by atoms with Gasteiger partial charge in [0.1, 0.15) is 0 Å². The van der Waals surface area contributed by atoms with E-state index in [0.717, 1.165) is 12.3 Å². The van der Waals surface area contributed by atoms with E-state index in [1.54, 1.807) is 0 Å². The van der Waals surface area contributed by atoms with E-state index >= 15 is 0 Å². The Morgan fingerprint density at radius 1 is 1.57 bits per heavy atom. The molecule has 3 nitrogen and oxygen atoms in total. The van der Waals surface area contributed by atoms with E-state index in [4.69, 9.17) is 10.8 Å². The van der Waals surface area contributed by atoms with Gasteiger partial charge in [-0.1, -0.05) is 26.2 Å². The Bertz CT molecular complexity index is 190. The molecule has 1 saturated carbocycles. The van der Waals surface area contributed by atoms with Crippen LogP contribution >= 0.6 is 0 Å². The Kier molecular flexibility index (Phi) is 4.39. The summed E-state index contributed by atoms with van der Waals surface area (Å²) < 4.78 is 0. The van der Waals surface area contributed by atoms with Gasteiger partial charge in [-0.25, -0.2) is 0 Å². The Morgan fingerprint density at radius 2 is 2.21 bits per heavy atom. The SMILES string of the molecule is CC(CC(N)CC(=O)O)CC1CCC1. The Hall–Kier alpha value is -0.570. The van der Waals surface area contributed by atoms with Gasteiger partial charge in [-0.15, -0.1) is 0 Å². The van der Waals surface area contributed by atoms with Gasteiger partial charge in [-0.3, -0.25) is 4.79 Å². The summed E-state index contributed by atoms with van der Waals surface area (Å²) in [6.07, 6.45) is 6.28. The average Bonchev–Trinajstić information content (AvgIpc) is 1.94. The molecule has 0 heterocycles. The molecule has 0 radical (unpaired) electrons. The molecule has 1 fully saturated rings. The highest BCUT2D eigenvalue weighted by Gasteiger charge is 2.21. The van der Waals surface area contributed by atoms with Crippen molar-refractivity contribution in [3.63, 3.8) is 0 Å². The Labute approximate surface area is 85.7 Å². The zero-order valence-corrected chi connectivity index (χ0v) is 8.91. The fourth-order valence-corrected chi connectivity index (χ4v) is 2.22. The van der Waals surface area contributed by atoms with Gasteiger partial charge >= 0.3 is 5.97 Å². The molecule has 2 atom stereocenters. The monoisotopic (exact) mass is 199 g/mol. The van der Waals surface area contributed by atoms with Crippen molar-refractivity contribution < 1.29 is 9.90 Å². The van der Waals surface area contributed by atoms with Gasteiger partial charge in [0, 0.05) is 6.04 Å². The molecule has 0 aromatic carbocycles. The number of hydrogen-bond donors (Lipinski definition) is 2. The van der Waals surface area contributed by atoms with Crippen molar-refractivity contribution in [2.24, 2.45) is 17.6 Å². The summed E-state index contributed by atoms with van der Waals surface area (Å²) in [6, 6.07) is -0.164. The lowest BCUT2D eigenvalue weighted by molar-refractivity contribution is -0.137. The van der Waals surface area contributed by atoms with Crippen LogP contribution in [0.1, 0.15) is 45.4 Å². The van der Waals surface area contributed by atoms with Crippen LogP contribution in [-0.4, -0.2) is 17.1 Å². The van der Waals surface area contributed by atoms with Gasteiger partial charge < -0.3 is 10.8 Å². The molecule has 2 unspecified atom stereocenters. The zero-order valence-electron chi connectivity index (χ0n) is 8.91. The molecular formula is C11H21NO2. The van der Waals surface area contributed by atoms with Crippen molar-refractivity contribution in [1.82, 2.24) is 0 Å². The third-order valence-corrected chi connectivity index (χ3v) is 3.10. The third kappa shape index (κ3) is 4.09. The first kappa shape index (κ1) is 11.5. The first-order valence-corrected chi connectivity index (χ1v) is 5.55. The summed E-state index contributed by atoms with van der Waals surface area (Å²) in [6.45, 7) is 2.18. The van der Waals surface area contributed by atoms with Crippen LogP contribution in [0.5, 0.6) is 0 Å². The van der Waals surface area contributed by atoms with Crippen LogP contribution in [0.3, 0.4) is 0 Å². The largest absolute Gasteiger partial charge is 0.481 e. The summed E-state index contributed by atoms with van der Waals surface area (Å²) >= 11 is 0. The molecule has 82 valence electrons. The fourth-order valence-electron chi connectivity index (χ4n) is 2.22.